The molecule has 18 heavy (non-hydrogen) atoms. The van der Waals surface area contributed by atoms with Gasteiger partial charge in [-0.05, 0) is 25.5 Å². The fourth-order valence-electron chi connectivity index (χ4n) is 1.88. The number of hydrazine groups is 1. The summed E-state index contributed by atoms with van der Waals surface area (Å²) in [7, 11) is 0. The summed E-state index contributed by atoms with van der Waals surface area (Å²) in [5.41, 5.74) is 4.84. The smallest absolute Gasteiger partial charge is 0.160 e. The second-order valence-electron chi connectivity index (χ2n) is 3.94. The number of hydrogen-bond donors (Lipinski definition) is 2. The lowest BCUT2D eigenvalue weighted by atomic mass is 10.2. The van der Waals surface area contributed by atoms with Crippen LogP contribution in [0.5, 0.6) is 0 Å². The Hall–Kier alpha value is -2.14. The second-order valence-corrected chi connectivity index (χ2v) is 3.94. The van der Waals surface area contributed by atoms with Crippen molar-refractivity contribution in [2.24, 2.45) is 5.84 Å². The van der Waals surface area contributed by atoms with Crippen LogP contribution in [-0.4, -0.2) is 16.5 Å². The van der Waals surface area contributed by atoms with Crippen LogP contribution in [0.1, 0.15) is 12.5 Å². The van der Waals surface area contributed by atoms with E-state index in [9.17, 15) is 0 Å². The van der Waals surface area contributed by atoms with E-state index >= 15 is 0 Å². The number of nitrogens with zero attached hydrogens (tertiary/aromatic N) is 3. The molecular formula is C13H17N5. The van der Waals surface area contributed by atoms with E-state index in [0.29, 0.717) is 5.82 Å². The van der Waals surface area contributed by atoms with Crippen molar-refractivity contribution in [3.05, 3.63) is 42.2 Å². The summed E-state index contributed by atoms with van der Waals surface area (Å²) in [6.07, 6.45) is 3.33. The standard InChI is InChI=1S/C13H17N5/c1-3-18(11-7-5-4-6-10(11)2)13-9-15-8-12(16-13)17-14/h4-9H,3,14H2,1-2H3,(H,16,17). The first-order valence-electron chi connectivity index (χ1n) is 5.88. The van der Waals surface area contributed by atoms with Gasteiger partial charge in [0.2, 0.25) is 0 Å². The molecule has 0 fully saturated rings. The van der Waals surface area contributed by atoms with Crippen molar-refractivity contribution in [2.45, 2.75) is 13.8 Å². The van der Waals surface area contributed by atoms with Crippen LogP contribution < -0.4 is 16.2 Å². The average molecular weight is 243 g/mol. The molecule has 0 spiro atoms. The van der Waals surface area contributed by atoms with Gasteiger partial charge in [0.25, 0.3) is 0 Å². The zero-order valence-electron chi connectivity index (χ0n) is 10.6. The highest BCUT2D eigenvalue weighted by Crippen LogP contribution is 2.26. The highest BCUT2D eigenvalue weighted by atomic mass is 15.3. The van der Waals surface area contributed by atoms with E-state index in [-0.39, 0.29) is 0 Å². The third-order valence-electron chi connectivity index (χ3n) is 2.77. The van der Waals surface area contributed by atoms with Crippen molar-refractivity contribution < 1.29 is 0 Å². The zero-order valence-corrected chi connectivity index (χ0v) is 10.6. The van der Waals surface area contributed by atoms with Crippen molar-refractivity contribution in [1.82, 2.24) is 9.97 Å². The van der Waals surface area contributed by atoms with Crippen LogP contribution in [-0.2, 0) is 0 Å². The van der Waals surface area contributed by atoms with Crippen LogP contribution in [0, 0.1) is 6.92 Å². The van der Waals surface area contributed by atoms with Gasteiger partial charge >= 0.3 is 0 Å². The van der Waals surface area contributed by atoms with Crippen LogP contribution in [0.25, 0.3) is 0 Å². The van der Waals surface area contributed by atoms with Crippen LogP contribution in [0.15, 0.2) is 36.7 Å². The Labute approximate surface area is 107 Å². The molecule has 0 aliphatic rings. The molecule has 1 heterocycles. The van der Waals surface area contributed by atoms with Gasteiger partial charge in [0.1, 0.15) is 0 Å². The Balaban J connectivity index is 2.42. The van der Waals surface area contributed by atoms with Crippen LogP contribution in [0.4, 0.5) is 17.3 Å². The molecule has 2 aromatic rings. The Morgan fingerprint density at radius 1 is 1.28 bits per heavy atom. The molecule has 5 nitrogen and oxygen atoms in total. The number of hydrogen-bond acceptors (Lipinski definition) is 5. The SMILES string of the molecule is CCN(c1cncc(NN)n1)c1ccccc1C. The van der Waals surface area contributed by atoms with Gasteiger partial charge in [-0.15, -0.1) is 0 Å². The lowest BCUT2D eigenvalue weighted by Crippen LogP contribution is -2.19. The molecule has 2 rings (SSSR count). The highest BCUT2D eigenvalue weighted by Gasteiger charge is 2.11. The normalized spacial score (nSPS) is 10.2. The molecule has 1 aromatic carbocycles. The molecule has 0 aliphatic carbocycles. The van der Waals surface area contributed by atoms with Crippen LogP contribution in [0.3, 0.4) is 0 Å². The minimum Gasteiger partial charge on any atom is -0.325 e. The number of para-hydroxylation sites is 1. The second kappa shape index (κ2) is 5.46. The molecule has 0 radical (unpaired) electrons. The van der Waals surface area contributed by atoms with Crippen LogP contribution >= 0.6 is 0 Å². The summed E-state index contributed by atoms with van der Waals surface area (Å²) >= 11 is 0. The molecule has 0 amide bonds. The molecule has 0 atom stereocenters. The van der Waals surface area contributed by atoms with Crippen molar-refractivity contribution in [1.29, 1.82) is 0 Å². The summed E-state index contributed by atoms with van der Waals surface area (Å²) in [6, 6.07) is 8.19. The summed E-state index contributed by atoms with van der Waals surface area (Å²) < 4.78 is 0. The third-order valence-corrected chi connectivity index (χ3v) is 2.77. The van der Waals surface area contributed by atoms with Crippen LogP contribution in [0.2, 0.25) is 0 Å². The molecule has 0 saturated heterocycles. The number of anilines is 3. The highest BCUT2D eigenvalue weighted by molar-refractivity contribution is 5.63. The predicted molar refractivity (Wildman–Crippen MR) is 73.7 cm³/mol. The predicted octanol–water partition coefficient (Wildman–Crippen LogP) is 2.23. The zero-order chi connectivity index (χ0) is 13.0. The van der Waals surface area contributed by atoms with E-state index in [0.717, 1.165) is 18.1 Å². The molecule has 0 bridgehead atoms. The molecule has 0 aliphatic heterocycles. The van der Waals surface area contributed by atoms with Gasteiger partial charge < -0.3 is 10.3 Å². The van der Waals surface area contributed by atoms with E-state index in [1.807, 2.05) is 12.1 Å². The molecule has 0 unspecified atom stereocenters. The van der Waals surface area contributed by atoms with E-state index in [1.54, 1.807) is 12.4 Å². The van der Waals surface area contributed by atoms with Gasteiger partial charge in [0.15, 0.2) is 11.6 Å². The Morgan fingerprint density at radius 2 is 2.06 bits per heavy atom. The number of benzene rings is 1. The number of nitrogen functional groups attached to an aromatic ring is 1. The van der Waals surface area contributed by atoms with Crippen molar-refractivity contribution in [3.8, 4) is 0 Å². The molecular weight excluding hydrogens is 226 g/mol. The first-order chi connectivity index (χ1) is 8.76. The summed E-state index contributed by atoms with van der Waals surface area (Å²) in [4.78, 5) is 10.6. The lowest BCUT2D eigenvalue weighted by Gasteiger charge is -2.23. The number of aromatic nitrogens is 2. The fourth-order valence-corrected chi connectivity index (χ4v) is 1.88. The molecule has 5 heteroatoms. The van der Waals surface area contributed by atoms with Gasteiger partial charge in [-0.3, -0.25) is 4.98 Å². The number of nitrogens with two attached hydrogens (primary N) is 1. The summed E-state index contributed by atoms with van der Waals surface area (Å²) in [5, 5.41) is 0. The molecule has 3 N–H and O–H groups in total. The van der Waals surface area contributed by atoms with Gasteiger partial charge in [-0.25, -0.2) is 10.8 Å². The monoisotopic (exact) mass is 243 g/mol. The molecule has 0 saturated carbocycles. The minimum absolute atomic E-state index is 0.555. The minimum atomic E-state index is 0.555. The average Bonchev–Trinajstić information content (AvgIpc) is 2.42. The van der Waals surface area contributed by atoms with Gasteiger partial charge in [-0.1, -0.05) is 18.2 Å². The maximum absolute atomic E-state index is 5.36. The first-order valence-corrected chi connectivity index (χ1v) is 5.88. The van der Waals surface area contributed by atoms with E-state index < -0.39 is 0 Å². The number of rotatable bonds is 4. The Bertz CT molecular complexity index is 526. The van der Waals surface area contributed by atoms with Crippen molar-refractivity contribution >= 4 is 17.3 Å². The number of aryl methyl sites for hydroxylation is 1. The summed E-state index contributed by atoms with van der Waals surface area (Å²) in [6.45, 7) is 4.97. The van der Waals surface area contributed by atoms with E-state index in [4.69, 9.17) is 5.84 Å². The fraction of sp³-hybridized carbons (Fsp3) is 0.231. The van der Waals surface area contributed by atoms with Gasteiger partial charge in [-0.2, -0.15) is 0 Å². The maximum Gasteiger partial charge on any atom is 0.160 e. The largest absolute Gasteiger partial charge is 0.325 e. The van der Waals surface area contributed by atoms with Crippen molar-refractivity contribution in [2.75, 3.05) is 16.9 Å². The summed E-state index contributed by atoms with van der Waals surface area (Å²) in [5.74, 6) is 6.69. The molecule has 1 aromatic heterocycles. The maximum atomic E-state index is 5.36. The van der Waals surface area contributed by atoms with E-state index in [2.05, 4.69) is 46.3 Å². The third kappa shape index (κ3) is 2.41. The van der Waals surface area contributed by atoms with E-state index in [1.165, 1.54) is 5.56 Å². The van der Waals surface area contributed by atoms with Crippen molar-refractivity contribution in [3.63, 3.8) is 0 Å². The molecule has 94 valence electrons. The Morgan fingerprint density at radius 3 is 2.72 bits per heavy atom. The quantitative estimate of drug-likeness (QED) is 0.636. The topological polar surface area (TPSA) is 67.1 Å². The number of nitrogens with one attached hydrogen (secondary N) is 1. The van der Waals surface area contributed by atoms with Gasteiger partial charge in [0.05, 0.1) is 12.4 Å². The Kier molecular flexibility index (Phi) is 3.74. The lowest BCUT2D eigenvalue weighted by molar-refractivity contribution is 0.968. The first kappa shape index (κ1) is 12.3. The van der Waals surface area contributed by atoms with Gasteiger partial charge in [0, 0.05) is 12.2 Å².